The number of hydrogen-bond acceptors (Lipinski definition) is 4. The number of fused-ring (bicyclic) bond motifs is 1. The summed E-state index contributed by atoms with van der Waals surface area (Å²) >= 11 is 0. The molecule has 4 aromatic rings. The highest BCUT2D eigenvalue weighted by Crippen LogP contribution is 2.29. The number of halogens is 3. The Morgan fingerprint density at radius 3 is 2.36 bits per heavy atom. The van der Waals surface area contributed by atoms with Crippen molar-refractivity contribution in [2.24, 2.45) is 0 Å². The van der Waals surface area contributed by atoms with E-state index in [2.05, 4.69) is 4.98 Å². The number of alkyl halides is 3. The first kappa shape index (κ1) is 30.3. The molecule has 220 valence electrons. The van der Waals surface area contributed by atoms with Crippen LogP contribution in [0, 0.1) is 17.0 Å². The molecule has 0 radical (unpaired) electrons. The van der Waals surface area contributed by atoms with Crippen LogP contribution in [0.1, 0.15) is 46.0 Å². The second-order valence-corrected chi connectivity index (χ2v) is 10.1. The van der Waals surface area contributed by atoms with Crippen LogP contribution in [0.15, 0.2) is 72.9 Å². The molecule has 0 bridgehead atoms. The minimum Gasteiger partial charge on any atom is -0.361 e. The number of rotatable bonds is 11. The summed E-state index contributed by atoms with van der Waals surface area (Å²) in [7, 11) is 0. The van der Waals surface area contributed by atoms with Crippen molar-refractivity contribution in [1.82, 2.24) is 14.8 Å². The topological polar surface area (TPSA) is 99.6 Å². The summed E-state index contributed by atoms with van der Waals surface area (Å²) in [4.78, 5) is 44.0. The van der Waals surface area contributed by atoms with Gasteiger partial charge in [0.1, 0.15) is 6.54 Å². The predicted octanol–water partition coefficient (Wildman–Crippen LogP) is 6.53. The average Bonchev–Trinajstić information content (AvgIpc) is 3.37. The number of benzene rings is 3. The van der Waals surface area contributed by atoms with Crippen LogP contribution in [0.4, 0.5) is 18.9 Å². The number of H-pyrrole nitrogens is 1. The van der Waals surface area contributed by atoms with Crippen LogP contribution >= 0.6 is 0 Å². The van der Waals surface area contributed by atoms with E-state index in [1.54, 1.807) is 6.92 Å². The number of amides is 2. The second kappa shape index (κ2) is 12.9. The van der Waals surface area contributed by atoms with Gasteiger partial charge < -0.3 is 14.8 Å². The van der Waals surface area contributed by atoms with E-state index in [0.29, 0.717) is 24.0 Å². The molecule has 0 saturated heterocycles. The van der Waals surface area contributed by atoms with Crippen molar-refractivity contribution >= 4 is 28.4 Å². The molecule has 0 fully saturated rings. The highest BCUT2D eigenvalue weighted by atomic mass is 19.4. The molecule has 4 rings (SSSR count). The fourth-order valence-electron chi connectivity index (χ4n) is 4.81. The number of nitrogens with zero attached hydrogens (tertiary/aromatic N) is 3. The van der Waals surface area contributed by atoms with Crippen molar-refractivity contribution in [3.05, 3.63) is 111 Å². The minimum absolute atomic E-state index is 0.0451. The third-order valence-electron chi connectivity index (χ3n) is 7.09. The number of hydrogen-bond donors (Lipinski definition) is 1. The van der Waals surface area contributed by atoms with Gasteiger partial charge in [0, 0.05) is 53.9 Å². The van der Waals surface area contributed by atoms with Gasteiger partial charge in [0.15, 0.2) is 0 Å². The molecule has 11 heteroatoms. The Balaban J connectivity index is 1.58. The van der Waals surface area contributed by atoms with Gasteiger partial charge in [-0.15, -0.1) is 0 Å². The zero-order chi connectivity index (χ0) is 30.4. The Bertz CT molecular complexity index is 1580. The molecule has 0 aliphatic heterocycles. The van der Waals surface area contributed by atoms with Crippen LogP contribution in [-0.4, -0.2) is 51.2 Å². The largest absolute Gasteiger partial charge is 0.416 e. The first-order chi connectivity index (χ1) is 20.0. The molecule has 1 N–H and O–H groups in total. The molecule has 1 heterocycles. The first-order valence-electron chi connectivity index (χ1n) is 13.5. The van der Waals surface area contributed by atoms with E-state index < -0.39 is 28.5 Å². The number of carbonyl (C=O) groups excluding carboxylic acids is 2. The van der Waals surface area contributed by atoms with Gasteiger partial charge in [-0.1, -0.05) is 43.3 Å². The summed E-state index contributed by atoms with van der Waals surface area (Å²) in [5, 5.41) is 12.4. The van der Waals surface area contributed by atoms with Gasteiger partial charge in [-0.25, -0.2) is 0 Å². The normalized spacial score (nSPS) is 11.5. The highest BCUT2D eigenvalue weighted by Gasteiger charge is 2.30. The molecule has 0 aliphatic rings. The predicted molar refractivity (Wildman–Crippen MR) is 153 cm³/mol. The van der Waals surface area contributed by atoms with Gasteiger partial charge in [0.05, 0.1) is 10.5 Å². The molecule has 1 aromatic heterocycles. The molecule has 0 atom stereocenters. The summed E-state index contributed by atoms with van der Waals surface area (Å²) < 4.78 is 39.3. The van der Waals surface area contributed by atoms with Crippen molar-refractivity contribution in [2.45, 2.75) is 39.4 Å². The van der Waals surface area contributed by atoms with Gasteiger partial charge in [-0.3, -0.25) is 19.7 Å². The fraction of sp³-hybridized carbons (Fsp3) is 0.290. The maximum absolute atomic E-state index is 13.7. The Morgan fingerprint density at radius 2 is 1.69 bits per heavy atom. The van der Waals surface area contributed by atoms with E-state index in [1.165, 1.54) is 40.1 Å². The molecule has 0 aliphatic carbocycles. The molecule has 2 amide bonds. The Kier molecular flexibility index (Phi) is 9.29. The van der Waals surface area contributed by atoms with Gasteiger partial charge in [0.2, 0.25) is 5.91 Å². The maximum atomic E-state index is 13.7. The third-order valence-corrected chi connectivity index (χ3v) is 7.09. The third kappa shape index (κ3) is 7.15. The van der Waals surface area contributed by atoms with Crippen LogP contribution in [0.2, 0.25) is 0 Å². The lowest BCUT2D eigenvalue weighted by Crippen LogP contribution is -2.43. The maximum Gasteiger partial charge on any atom is 0.416 e. The molecular weight excluding hydrogens is 549 g/mol. The Morgan fingerprint density at radius 1 is 0.976 bits per heavy atom. The molecule has 0 unspecified atom stereocenters. The number of aryl methyl sites for hydroxylation is 1. The van der Waals surface area contributed by atoms with Crippen LogP contribution in [0.5, 0.6) is 0 Å². The molecule has 0 saturated carbocycles. The van der Waals surface area contributed by atoms with Crippen molar-refractivity contribution in [3.63, 3.8) is 0 Å². The van der Waals surface area contributed by atoms with Crippen molar-refractivity contribution in [1.29, 1.82) is 0 Å². The standard InChI is InChI=1S/C31H31F3N4O4/c1-3-15-37(30(40)23-11-8-21(2)28(17-23)38(41)42)20-29(39)36(19-22-9-12-25(13-10-22)31(32,33)34)16-14-24-18-35-27-7-5-4-6-26(24)27/h4-13,17-18,35H,3,14-16,19-20H2,1-2H3. The number of para-hydroxylation sites is 1. The lowest BCUT2D eigenvalue weighted by molar-refractivity contribution is -0.385. The van der Waals surface area contributed by atoms with Crippen molar-refractivity contribution in [2.75, 3.05) is 19.6 Å². The summed E-state index contributed by atoms with van der Waals surface area (Å²) in [6.45, 7) is 3.67. The Hall–Kier alpha value is -4.67. The van der Waals surface area contributed by atoms with E-state index in [9.17, 15) is 32.9 Å². The number of nitrogens with one attached hydrogen (secondary N) is 1. The first-order valence-corrected chi connectivity index (χ1v) is 13.5. The van der Waals surface area contributed by atoms with E-state index in [1.807, 2.05) is 37.4 Å². The summed E-state index contributed by atoms with van der Waals surface area (Å²) in [5.74, 6) is -0.905. The number of carbonyl (C=O) groups is 2. The fourth-order valence-corrected chi connectivity index (χ4v) is 4.81. The summed E-state index contributed by atoms with van der Waals surface area (Å²) in [6, 6.07) is 16.6. The second-order valence-electron chi connectivity index (χ2n) is 10.1. The van der Waals surface area contributed by atoms with Gasteiger partial charge in [-0.2, -0.15) is 13.2 Å². The molecule has 42 heavy (non-hydrogen) atoms. The lowest BCUT2D eigenvalue weighted by atomic mass is 10.1. The van der Waals surface area contributed by atoms with Crippen molar-refractivity contribution in [3.8, 4) is 0 Å². The monoisotopic (exact) mass is 580 g/mol. The zero-order valence-electron chi connectivity index (χ0n) is 23.3. The number of nitro groups is 1. The van der Waals surface area contributed by atoms with Crippen molar-refractivity contribution < 1.29 is 27.7 Å². The smallest absolute Gasteiger partial charge is 0.361 e. The minimum atomic E-state index is -4.48. The highest BCUT2D eigenvalue weighted by molar-refractivity contribution is 5.97. The average molecular weight is 581 g/mol. The van der Waals surface area contributed by atoms with Crippen LogP contribution in [0.3, 0.4) is 0 Å². The summed E-state index contributed by atoms with van der Waals surface area (Å²) in [6.07, 6.45) is -1.60. The molecule has 3 aromatic carbocycles. The lowest BCUT2D eigenvalue weighted by Gasteiger charge is -2.28. The number of nitro benzene ring substituents is 1. The van der Waals surface area contributed by atoms with Gasteiger partial charge in [0.25, 0.3) is 11.6 Å². The molecular formula is C31H31F3N4O4. The summed E-state index contributed by atoms with van der Waals surface area (Å²) in [5.41, 5.74) is 1.97. The van der Waals surface area contributed by atoms with Crippen LogP contribution < -0.4 is 0 Å². The molecule has 0 spiro atoms. The van der Waals surface area contributed by atoms with E-state index in [4.69, 9.17) is 0 Å². The zero-order valence-corrected chi connectivity index (χ0v) is 23.3. The SMILES string of the molecule is CCCN(CC(=O)N(CCc1c[nH]c2ccccc12)Cc1ccc(C(F)(F)F)cc1)C(=O)c1ccc(C)c([N+](=O)[O-])c1. The van der Waals surface area contributed by atoms with E-state index in [0.717, 1.165) is 28.6 Å². The van der Waals surface area contributed by atoms with Crippen LogP contribution in [-0.2, 0) is 23.9 Å². The van der Waals surface area contributed by atoms with Gasteiger partial charge >= 0.3 is 6.18 Å². The van der Waals surface area contributed by atoms with E-state index >= 15 is 0 Å². The Labute approximate surface area is 240 Å². The van der Waals surface area contributed by atoms with E-state index in [-0.39, 0.29) is 37.4 Å². The number of aromatic amines is 1. The van der Waals surface area contributed by atoms with Gasteiger partial charge in [-0.05, 0) is 55.2 Å². The molecule has 8 nitrogen and oxygen atoms in total. The number of aromatic nitrogens is 1. The van der Waals surface area contributed by atoms with Crippen LogP contribution in [0.25, 0.3) is 10.9 Å². The quantitative estimate of drug-likeness (QED) is 0.161.